The number of benzene rings is 1. The fourth-order valence-electron chi connectivity index (χ4n) is 1.02. The quantitative estimate of drug-likeness (QED) is 0.355. The number of anilines is 1. The highest BCUT2D eigenvalue weighted by Crippen LogP contribution is 2.19. The number of phenols is 1. The fraction of sp³-hybridized carbons (Fsp3) is 0.222. The summed E-state index contributed by atoms with van der Waals surface area (Å²) in [6.45, 7) is 2.47. The van der Waals surface area contributed by atoms with Crippen molar-refractivity contribution in [3.8, 4) is 5.75 Å². The number of phenolic OH excluding ortho intramolecular Hbond substituents is 1. The molecule has 0 spiro atoms. The number of amidine groups is 1. The second-order valence-electron chi connectivity index (χ2n) is 2.64. The Morgan fingerprint density at radius 3 is 2.77 bits per heavy atom. The van der Waals surface area contributed by atoms with Crippen LogP contribution in [0.1, 0.15) is 12.5 Å². The zero-order valence-corrected chi connectivity index (χ0v) is 7.49. The second-order valence-corrected chi connectivity index (χ2v) is 2.64. The summed E-state index contributed by atoms with van der Waals surface area (Å²) in [5.41, 5.74) is 12.1. The molecule has 0 saturated heterocycles. The van der Waals surface area contributed by atoms with E-state index in [1.54, 1.807) is 12.1 Å². The molecule has 1 aromatic carbocycles. The molecule has 0 amide bonds. The molecular formula is C9H13N3O. The molecule has 0 bridgehead atoms. The van der Waals surface area contributed by atoms with E-state index in [0.29, 0.717) is 23.6 Å². The van der Waals surface area contributed by atoms with Crippen LogP contribution in [-0.4, -0.2) is 17.5 Å². The molecule has 0 unspecified atom stereocenters. The Labute approximate surface area is 76.9 Å². The van der Waals surface area contributed by atoms with Crippen molar-refractivity contribution in [2.75, 3.05) is 12.3 Å². The van der Waals surface area contributed by atoms with E-state index < -0.39 is 0 Å². The van der Waals surface area contributed by atoms with Gasteiger partial charge in [-0.1, -0.05) is 0 Å². The lowest BCUT2D eigenvalue weighted by Gasteiger charge is -2.04. The van der Waals surface area contributed by atoms with Gasteiger partial charge in [0, 0.05) is 18.3 Å². The Bertz CT molecular complexity index is 334. The second kappa shape index (κ2) is 3.80. The normalized spacial score (nSPS) is 11.6. The monoisotopic (exact) mass is 179 g/mol. The van der Waals surface area contributed by atoms with E-state index in [1.165, 1.54) is 6.07 Å². The van der Waals surface area contributed by atoms with Gasteiger partial charge in [-0.05, 0) is 19.1 Å². The van der Waals surface area contributed by atoms with Crippen molar-refractivity contribution in [1.82, 2.24) is 0 Å². The zero-order chi connectivity index (χ0) is 9.84. The Hall–Kier alpha value is -1.71. The summed E-state index contributed by atoms with van der Waals surface area (Å²) >= 11 is 0. The van der Waals surface area contributed by atoms with Gasteiger partial charge in [0.2, 0.25) is 0 Å². The zero-order valence-electron chi connectivity index (χ0n) is 7.49. The molecule has 4 heteroatoms. The average Bonchev–Trinajstić information content (AvgIpc) is 2.04. The van der Waals surface area contributed by atoms with Crippen LogP contribution in [0.4, 0.5) is 5.69 Å². The van der Waals surface area contributed by atoms with Crippen LogP contribution in [0.5, 0.6) is 5.75 Å². The van der Waals surface area contributed by atoms with Crippen molar-refractivity contribution in [2.45, 2.75) is 6.92 Å². The minimum Gasteiger partial charge on any atom is -0.507 e. The third kappa shape index (κ3) is 2.11. The first-order chi connectivity index (χ1) is 6.15. The number of hydrogen-bond donors (Lipinski definition) is 3. The summed E-state index contributed by atoms with van der Waals surface area (Å²) in [7, 11) is 0. The highest BCUT2D eigenvalue weighted by Gasteiger charge is 2.04. The Morgan fingerprint density at radius 2 is 2.23 bits per heavy atom. The van der Waals surface area contributed by atoms with Gasteiger partial charge in [0.1, 0.15) is 11.6 Å². The third-order valence-electron chi connectivity index (χ3n) is 1.63. The van der Waals surface area contributed by atoms with Crippen LogP contribution in [0, 0.1) is 0 Å². The summed E-state index contributed by atoms with van der Waals surface area (Å²) in [6.07, 6.45) is 0. The molecule has 0 aromatic heterocycles. The number of rotatable bonds is 2. The molecule has 1 rings (SSSR count). The smallest absolute Gasteiger partial charge is 0.129 e. The number of nitrogens with zero attached hydrogens (tertiary/aromatic N) is 1. The largest absolute Gasteiger partial charge is 0.507 e. The summed E-state index contributed by atoms with van der Waals surface area (Å²) in [5.74, 6) is 0.398. The number of aromatic hydroxyl groups is 1. The fourth-order valence-corrected chi connectivity index (χ4v) is 1.02. The first-order valence-electron chi connectivity index (χ1n) is 4.04. The van der Waals surface area contributed by atoms with E-state index in [1.807, 2.05) is 6.92 Å². The first-order valence-corrected chi connectivity index (χ1v) is 4.04. The molecule has 4 nitrogen and oxygen atoms in total. The van der Waals surface area contributed by atoms with Gasteiger partial charge in [0.25, 0.3) is 0 Å². The summed E-state index contributed by atoms with van der Waals surface area (Å²) in [4.78, 5) is 3.98. The number of nitrogens with two attached hydrogens (primary N) is 2. The molecule has 0 radical (unpaired) electrons. The lowest BCUT2D eigenvalue weighted by atomic mass is 10.1. The SMILES string of the molecule is CCN=C(N)c1ccc(N)cc1O. The van der Waals surface area contributed by atoms with Gasteiger partial charge in [0.15, 0.2) is 0 Å². The third-order valence-corrected chi connectivity index (χ3v) is 1.63. The van der Waals surface area contributed by atoms with Crippen molar-refractivity contribution >= 4 is 11.5 Å². The van der Waals surface area contributed by atoms with Gasteiger partial charge in [-0.15, -0.1) is 0 Å². The number of hydrogen-bond acceptors (Lipinski definition) is 3. The van der Waals surface area contributed by atoms with Gasteiger partial charge in [-0.2, -0.15) is 0 Å². The van der Waals surface area contributed by atoms with Crippen LogP contribution < -0.4 is 11.5 Å². The number of nitrogen functional groups attached to an aromatic ring is 1. The first kappa shape index (κ1) is 9.38. The van der Waals surface area contributed by atoms with Crippen LogP contribution in [-0.2, 0) is 0 Å². The molecular weight excluding hydrogens is 166 g/mol. The Balaban J connectivity index is 3.09. The highest BCUT2D eigenvalue weighted by molar-refractivity contribution is 6.00. The molecule has 0 fully saturated rings. The molecule has 0 heterocycles. The highest BCUT2D eigenvalue weighted by atomic mass is 16.3. The molecule has 5 N–H and O–H groups in total. The standard InChI is InChI=1S/C9H13N3O/c1-2-12-9(11)7-4-3-6(10)5-8(7)13/h3-5,13H,2,10H2,1H3,(H2,11,12). The van der Waals surface area contributed by atoms with Crippen molar-refractivity contribution in [2.24, 2.45) is 10.7 Å². The Kier molecular flexibility index (Phi) is 2.74. The van der Waals surface area contributed by atoms with E-state index >= 15 is 0 Å². The Morgan fingerprint density at radius 1 is 1.54 bits per heavy atom. The van der Waals surface area contributed by atoms with Gasteiger partial charge in [0.05, 0.1) is 5.56 Å². The predicted molar refractivity (Wildman–Crippen MR) is 53.8 cm³/mol. The summed E-state index contributed by atoms with van der Waals surface area (Å²) < 4.78 is 0. The molecule has 0 aliphatic carbocycles. The van der Waals surface area contributed by atoms with Crippen molar-refractivity contribution in [3.63, 3.8) is 0 Å². The minimum atomic E-state index is 0.0645. The molecule has 70 valence electrons. The van der Waals surface area contributed by atoms with Gasteiger partial charge in [-0.25, -0.2) is 0 Å². The maximum Gasteiger partial charge on any atom is 0.129 e. The van der Waals surface area contributed by atoms with Crippen LogP contribution in [0.15, 0.2) is 23.2 Å². The molecule has 0 aliphatic rings. The average molecular weight is 179 g/mol. The maximum atomic E-state index is 9.45. The lowest BCUT2D eigenvalue weighted by molar-refractivity contribution is 0.474. The molecule has 1 aromatic rings. The molecule has 13 heavy (non-hydrogen) atoms. The van der Waals surface area contributed by atoms with Crippen LogP contribution >= 0.6 is 0 Å². The van der Waals surface area contributed by atoms with E-state index in [-0.39, 0.29) is 5.75 Å². The minimum absolute atomic E-state index is 0.0645. The lowest BCUT2D eigenvalue weighted by Crippen LogP contribution is -2.13. The van der Waals surface area contributed by atoms with Crippen LogP contribution in [0.3, 0.4) is 0 Å². The van der Waals surface area contributed by atoms with E-state index in [9.17, 15) is 5.11 Å². The predicted octanol–water partition coefficient (Wildman–Crippen LogP) is 0.700. The molecule has 0 saturated carbocycles. The molecule has 0 atom stereocenters. The van der Waals surface area contributed by atoms with Gasteiger partial charge >= 0.3 is 0 Å². The topological polar surface area (TPSA) is 84.6 Å². The van der Waals surface area contributed by atoms with Crippen LogP contribution in [0.2, 0.25) is 0 Å². The summed E-state index contributed by atoms with van der Waals surface area (Å²) in [6, 6.07) is 4.78. The van der Waals surface area contributed by atoms with E-state index in [4.69, 9.17) is 11.5 Å². The van der Waals surface area contributed by atoms with E-state index in [2.05, 4.69) is 4.99 Å². The van der Waals surface area contributed by atoms with Gasteiger partial charge in [-0.3, -0.25) is 4.99 Å². The van der Waals surface area contributed by atoms with Gasteiger partial charge < -0.3 is 16.6 Å². The maximum absolute atomic E-state index is 9.45. The van der Waals surface area contributed by atoms with Crippen molar-refractivity contribution in [1.29, 1.82) is 0 Å². The summed E-state index contributed by atoms with van der Waals surface area (Å²) in [5, 5.41) is 9.45. The number of aliphatic imine (C=N–C) groups is 1. The molecule has 0 aliphatic heterocycles. The van der Waals surface area contributed by atoms with Crippen molar-refractivity contribution in [3.05, 3.63) is 23.8 Å². The van der Waals surface area contributed by atoms with E-state index in [0.717, 1.165) is 0 Å². The van der Waals surface area contributed by atoms with Crippen molar-refractivity contribution < 1.29 is 5.11 Å². The van der Waals surface area contributed by atoms with Crippen LogP contribution in [0.25, 0.3) is 0 Å².